The summed E-state index contributed by atoms with van der Waals surface area (Å²) in [7, 11) is -3.44. The van der Waals surface area contributed by atoms with Crippen LogP contribution in [0.3, 0.4) is 0 Å². The van der Waals surface area contributed by atoms with Crippen molar-refractivity contribution >= 4 is 15.9 Å². The van der Waals surface area contributed by atoms with Crippen LogP contribution in [-0.2, 0) is 16.6 Å². The predicted molar refractivity (Wildman–Crippen MR) is 72.0 cm³/mol. The maximum Gasteiger partial charge on any atom is 0.276 e. The summed E-state index contributed by atoms with van der Waals surface area (Å²) in [5, 5.41) is 10.5. The molecule has 0 saturated heterocycles. The van der Waals surface area contributed by atoms with Crippen LogP contribution in [-0.4, -0.2) is 26.4 Å². The molecular formula is C11H17N3O4S. The minimum atomic E-state index is -3.44. The first-order chi connectivity index (χ1) is 8.94. The van der Waals surface area contributed by atoms with Gasteiger partial charge < -0.3 is 0 Å². The Balaban J connectivity index is 2.43. The lowest BCUT2D eigenvalue weighted by Crippen LogP contribution is -2.37. The van der Waals surface area contributed by atoms with E-state index in [0.29, 0.717) is 13.0 Å². The third kappa shape index (κ3) is 5.77. The van der Waals surface area contributed by atoms with E-state index in [9.17, 15) is 18.5 Å². The van der Waals surface area contributed by atoms with Gasteiger partial charge in [-0.05, 0) is 18.4 Å². The molecule has 2 N–H and O–H groups in total. The van der Waals surface area contributed by atoms with Gasteiger partial charge in [0.25, 0.3) is 15.9 Å². The van der Waals surface area contributed by atoms with Crippen molar-refractivity contribution in [1.29, 1.82) is 0 Å². The molecule has 1 aromatic rings. The summed E-state index contributed by atoms with van der Waals surface area (Å²) in [6.07, 6.45) is 1.20. The second-order valence-electron chi connectivity index (χ2n) is 3.97. The van der Waals surface area contributed by atoms with Crippen LogP contribution in [0.2, 0.25) is 0 Å². The molecule has 0 saturated carbocycles. The highest BCUT2D eigenvalue weighted by Gasteiger charge is 2.08. The Bertz CT molecular complexity index is 513. The highest BCUT2D eigenvalue weighted by molar-refractivity contribution is 7.87. The fourth-order valence-electron chi connectivity index (χ4n) is 1.40. The largest absolute Gasteiger partial charge is 0.276 e. The summed E-state index contributed by atoms with van der Waals surface area (Å²) >= 11 is 0. The van der Waals surface area contributed by atoms with Crippen LogP contribution < -0.4 is 9.44 Å². The number of nitro groups is 1. The van der Waals surface area contributed by atoms with E-state index in [2.05, 4.69) is 9.44 Å². The molecule has 106 valence electrons. The van der Waals surface area contributed by atoms with E-state index in [-0.39, 0.29) is 12.2 Å². The van der Waals surface area contributed by atoms with Gasteiger partial charge in [-0.25, -0.2) is 9.44 Å². The minimum absolute atomic E-state index is 0.0222. The number of benzene rings is 1. The SMILES string of the molecule is CCCNS(=O)(=O)NCCc1ccc([N+](=O)[O-])cc1. The average molecular weight is 287 g/mol. The topological polar surface area (TPSA) is 101 Å². The van der Waals surface area contributed by atoms with Gasteiger partial charge in [0, 0.05) is 25.2 Å². The summed E-state index contributed by atoms with van der Waals surface area (Å²) in [6, 6.07) is 6.04. The smallest absolute Gasteiger partial charge is 0.258 e. The van der Waals surface area contributed by atoms with Crippen molar-refractivity contribution in [2.24, 2.45) is 0 Å². The van der Waals surface area contributed by atoms with Crippen LogP contribution in [0.25, 0.3) is 0 Å². The van der Waals surface area contributed by atoms with E-state index >= 15 is 0 Å². The van der Waals surface area contributed by atoms with Crippen molar-refractivity contribution in [3.63, 3.8) is 0 Å². The third-order valence-electron chi connectivity index (χ3n) is 2.39. The molecule has 0 atom stereocenters. The molecule has 0 unspecified atom stereocenters. The van der Waals surface area contributed by atoms with Crippen LogP contribution in [0.4, 0.5) is 5.69 Å². The number of nitro benzene ring substituents is 1. The van der Waals surface area contributed by atoms with Crippen LogP contribution >= 0.6 is 0 Å². The second-order valence-corrected chi connectivity index (χ2v) is 5.55. The Labute approximate surface area is 112 Å². The molecule has 0 fully saturated rings. The molecular weight excluding hydrogens is 270 g/mol. The number of nitrogens with zero attached hydrogens (tertiary/aromatic N) is 1. The Morgan fingerprint density at radius 3 is 2.26 bits per heavy atom. The van der Waals surface area contributed by atoms with Gasteiger partial charge in [0.05, 0.1) is 4.92 Å². The van der Waals surface area contributed by atoms with Crippen LogP contribution in [0.15, 0.2) is 24.3 Å². The van der Waals surface area contributed by atoms with Gasteiger partial charge in [0.1, 0.15) is 0 Å². The Kier molecular flexibility index (Phi) is 5.87. The lowest BCUT2D eigenvalue weighted by Gasteiger charge is -2.07. The number of rotatable bonds is 8. The molecule has 0 aliphatic carbocycles. The minimum Gasteiger partial charge on any atom is -0.258 e. The number of nitrogens with one attached hydrogen (secondary N) is 2. The van der Waals surface area contributed by atoms with Crippen molar-refractivity contribution in [2.75, 3.05) is 13.1 Å². The Hall–Kier alpha value is -1.51. The average Bonchev–Trinajstić information content (AvgIpc) is 2.37. The van der Waals surface area contributed by atoms with Gasteiger partial charge >= 0.3 is 0 Å². The van der Waals surface area contributed by atoms with E-state index < -0.39 is 15.1 Å². The van der Waals surface area contributed by atoms with Gasteiger partial charge in [-0.15, -0.1) is 0 Å². The Morgan fingerprint density at radius 2 is 1.74 bits per heavy atom. The molecule has 0 aromatic heterocycles. The fraction of sp³-hybridized carbons (Fsp3) is 0.455. The molecule has 0 amide bonds. The predicted octanol–water partition coefficient (Wildman–Crippen LogP) is 0.971. The third-order valence-corrected chi connectivity index (χ3v) is 3.56. The number of non-ortho nitro benzene ring substituents is 1. The zero-order valence-corrected chi connectivity index (χ0v) is 11.4. The molecule has 0 spiro atoms. The van der Waals surface area contributed by atoms with E-state index in [1.807, 2.05) is 6.92 Å². The fourth-order valence-corrected chi connectivity index (χ4v) is 2.35. The van der Waals surface area contributed by atoms with Gasteiger partial charge in [-0.3, -0.25) is 10.1 Å². The maximum atomic E-state index is 11.4. The summed E-state index contributed by atoms with van der Waals surface area (Å²) in [5.74, 6) is 0. The van der Waals surface area contributed by atoms with Gasteiger partial charge in [0.15, 0.2) is 0 Å². The summed E-state index contributed by atoms with van der Waals surface area (Å²) in [6.45, 7) is 2.52. The summed E-state index contributed by atoms with van der Waals surface area (Å²) in [4.78, 5) is 9.99. The monoisotopic (exact) mass is 287 g/mol. The van der Waals surface area contributed by atoms with Crippen molar-refractivity contribution in [1.82, 2.24) is 9.44 Å². The maximum absolute atomic E-state index is 11.4. The number of hydrogen-bond acceptors (Lipinski definition) is 4. The quantitative estimate of drug-likeness (QED) is 0.549. The van der Waals surface area contributed by atoms with Crippen molar-refractivity contribution in [3.8, 4) is 0 Å². The lowest BCUT2D eigenvalue weighted by atomic mass is 10.1. The molecule has 0 bridgehead atoms. The van der Waals surface area contributed by atoms with Gasteiger partial charge in [-0.1, -0.05) is 19.1 Å². The van der Waals surface area contributed by atoms with E-state index in [1.165, 1.54) is 12.1 Å². The normalized spacial score (nSPS) is 11.4. The molecule has 1 aromatic carbocycles. The summed E-state index contributed by atoms with van der Waals surface area (Å²) in [5.41, 5.74) is 0.859. The molecule has 19 heavy (non-hydrogen) atoms. The van der Waals surface area contributed by atoms with E-state index in [4.69, 9.17) is 0 Å². The molecule has 0 heterocycles. The van der Waals surface area contributed by atoms with E-state index in [1.54, 1.807) is 12.1 Å². The first-order valence-corrected chi connectivity index (χ1v) is 7.40. The van der Waals surface area contributed by atoms with Crippen molar-refractivity contribution in [2.45, 2.75) is 19.8 Å². The second kappa shape index (κ2) is 7.17. The van der Waals surface area contributed by atoms with Crippen LogP contribution in [0.5, 0.6) is 0 Å². The molecule has 0 aliphatic heterocycles. The van der Waals surface area contributed by atoms with Crippen LogP contribution in [0, 0.1) is 10.1 Å². The van der Waals surface area contributed by atoms with Gasteiger partial charge in [0.2, 0.25) is 0 Å². The first kappa shape index (κ1) is 15.5. The highest BCUT2D eigenvalue weighted by Crippen LogP contribution is 2.11. The van der Waals surface area contributed by atoms with Crippen LogP contribution in [0.1, 0.15) is 18.9 Å². The highest BCUT2D eigenvalue weighted by atomic mass is 32.2. The molecule has 1 rings (SSSR count). The molecule has 8 heteroatoms. The summed E-state index contributed by atoms with van der Waals surface area (Å²) < 4.78 is 27.6. The Morgan fingerprint density at radius 1 is 1.16 bits per heavy atom. The molecule has 0 aliphatic rings. The lowest BCUT2D eigenvalue weighted by molar-refractivity contribution is -0.384. The zero-order chi connectivity index (χ0) is 14.3. The molecule has 0 radical (unpaired) electrons. The first-order valence-electron chi connectivity index (χ1n) is 5.92. The standard InChI is InChI=1S/C11H17N3O4S/c1-2-8-12-19(17,18)13-9-7-10-3-5-11(6-4-10)14(15)16/h3-6,12-13H,2,7-9H2,1H3. The van der Waals surface area contributed by atoms with Gasteiger partial charge in [-0.2, -0.15) is 8.42 Å². The van der Waals surface area contributed by atoms with Crippen molar-refractivity contribution in [3.05, 3.63) is 39.9 Å². The zero-order valence-electron chi connectivity index (χ0n) is 10.6. The van der Waals surface area contributed by atoms with Crippen molar-refractivity contribution < 1.29 is 13.3 Å². The molecule has 7 nitrogen and oxygen atoms in total. The number of hydrogen-bond donors (Lipinski definition) is 2. The van der Waals surface area contributed by atoms with E-state index in [0.717, 1.165) is 12.0 Å².